The van der Waals surface area contributed by atoms with Gasteiger partial charge in [0.2, 0.25) is 0 Å². The van der Waals surface area contributed by atoms with E-state index >= 15 is 0 Å². The number of nitrogens with zero attached hydrogens (tertiary/aromatic N) is 1. The Morgan fingerprint density at radius 1 is 0.235 bits per heavy atom. The number of hydrogen-bond acceptors (Lipinski definition) is 1. The fraction of sp³-hybridized carbons (Fsp3) is 0. The van der Waals surface area contributed by atoms with E-state index in [0.717, 1.165) is 17.1 Å². The van der Waals surface area contributed by atoms with Crippen molar-refractivity contribution in [3.8, 4) is 44.5 Å². The fourth-order valence-corrected chi connectivity index (χ4v) is 7.18. The second kappa shape index (κ2) is 13.3. The monoisotopic (exact) mass is 649 g/mol. The summed E-state index contributed by atoms with van der Waals surface area (Å²) in [5.74, 6) is 0. The van der Waals surface area contributed by atoms with Gasteiger partial charge >= 0.3 is 0 Å². The van der Waals surface area contributed by atoms with Gasteiger partial charge in [-0.25, -0.2) is 0 Å². The molecule has 0 unspecified atom stereocenters. The van der Waals surface area contributed by atoms with Crippen LogP contribution < -0.4 is 4.90 Å². The molecule has 9 rings (SSSR count). The summed E-state index contributed by atoms with van der Waals surface area (Å²) in [6.07, 6.45) is 0. The van der Waals surface area contributed by atoms with Gasteiger partial charge in [-0.1, -0.05) is 164 Å². The molecule has 9 aromatic carbocycles. The molecule has 0 bridgehead atoms. The quantitative estimate of drug-likeness (QED) is 0.166. The minimum absolute atomic E-state index is 1.10. The largest absolute Gasteiger partial charge is 0.310 e. The molecule has 0 saturated carbocycles. The van der Waals surface area contributed by atoms with Gasteiger partial charge in [-0.15, -0.1) is 0 Å². The first-order chi connectivity index (χ1) is 25.3. The Bertz CT molecular complexity index is 2620. The van der Waals surface area contributed by atoms with Crippen LogP contribution >= 0.6 is 0 Å². The zero-order valence-corrected chi connectivity index (χ0v) is 28.2. The zero-order valence-electron chi connectivity index (χ0n) is 28.2. The van der Waals surface area contributed by atoms with Gasteiger partial charge in [0.1, 0.15) is 0 Å². The number of anilines is 3. The van der Waals surface area contributed by atoms with E-state index in [-0.39, 0.29) is 0 Å². The van der Waals surface area contributed by atoms with Crippen LogP contribution in [0.1, 0.15) is 0 Å². The number of fused-ring (bicyclic) bond motifs is 2. The SMILES string of the molecule is c1ccc(-c2ccc(-c3ccc4ccccc4c3)cc2N(c2ccccc2)c2ccc(-c3cccc(-c4ccc5ccccc5c4)c3)cc2)cc1. The molecule has 0 heterocycles. The van der Waals surface area contributed by atoms with Crippen LogP contribution in [-0.2, 0) is 0 Å². The molecule has 0 aromatic heterocycles. The first kappa shape index (κ1) is 30.4. The molecule has 0 aliphatic carbocycles. The Labute approximate surface area is 299 Å². The number of rotatable bonds is 7. The van der Waals surface area contributed by atoms with Gasteiger partial charge in [-0.05, 0) is 109 Å². The number of benzene rings is 9. The van der Waals surface area contributed by atoms with Crippen LogP contribution in [0.15, 0.2) is 212 Å². The van der Waals surface area contributed by atoms with E-state index in [1.54, 1.807) is 0 Å². The van der Waals surface area contributed by atoms with Crippen molar-refractivity contribution in [2.45, 2.75) is 0 Å². The summed E-state index contributed by atoms with van der Waals surface area (Å²) < 4.78 is 0. The molecule has 0 aliphatic rings. The van der Waals surface area contributed by atoms with Gasteiger partial charge < -0.3 is 4.90 Å². The molecule has 0 saturated heterocycles. The third-order valence-corrected chi connectivity index (χ3v) is 9.82. The average Bonchev–Trinajstić information content (AvgIpc) is 3.21. The van der Waals surface area contributed by atoms with E-state index in [1.165, 1.54) is 66.1 Å². The van der Waals surface area contributed by atoms with Crippen LogP contribution in [0.25, 0.3) is 66.1 Å². The topological polar surface area (TPSA) is 3.24 Å². The molecule has 9 aromatic rings. The van der Waals surface area contributed by atoms with Gasteiger partial charge in [-0.3, -0.25) is 0 Å². The highest BCUT2D eigenvalue weighted by atomic mass is 15.1. The summed E-state index contributed by atoms with van der Waals surface area (Å²) in [5.41, 5.74) is 12.9. The molecule has 1 nitrogen and oxygen atoms in total. The molecule has 0 aliphatic heterocycles. The van der Waals surface area contributed by atoms with Crippen molar-refractivity contribution in [1.29, 1.82) is 0 Å². The highest BCUT2D eigenvalue weighted by molar-refractivity contribution is 5.93. The number of para-hydroxylation sites is 1. The molecular formula is C50H35N. The molecule has 0 N–H and O–H groups in total. The zero-order chi connectivity index (χ0) is 34.0. The van der Waals surface area contributed by atoms with E-state index in [9.17, 15) is 0 Å². The van der Waals surface area contributed by atoms with E-state index in [1.807, 2.05) is 0 Å². The summed E-state index contributed by atoms with van der Waals surface area (Å²) in [6.45, 7) is 0. The van der Waals surface area contributed by atoms with Crippen molar-refractivity contribution in [1.82, 2.24) is 0 Å². The van der Waals surface area contributed by atoms with Crippen molar-refractivity contribution in [3.63, 3.8) is 0 Å². The highest BCUT2D eigenvalue weighted by Crippen LogP contribution is 2.43. The minimum atomic E-state index is 1.10. The Morgan fingerprint density at radius 3 is 1.29 bits per heavy atom. The van der Waals surface area contributed by atoms with Crippen molar-refractivity contribution in [2.75, 3.05) is 4.90 Å². The van der Waals surface area contributed by atoms with Crippen LogP contribution in [-0.4, -0.2) is 0 Å². The molecule has 0 amide bonds. The molecule has 0 spiro atoms. The first-order valence-electron chi connectivity index (χ1n) is 17.5. The Hall–Kier alpha value is -6.70. The number of hydrogen-bond donors (Lipinski definition) is 0. The Balaban J connectivity index is 1.14. The lowest BCUT2D eigenvalue weighted by Gasteiger charge is -2.29. The molecule has 0 radical (unpaired) electrons. The molecule has 1 heteroatoms. The second-order valence-electron chi connectivity index (χ2n) is 13.0. The van der Waals surface area contributed by atoms with E-state index in [2.05, 4.69) is 217 Å². The van der Waals surface area contributed by atoms with Crippen molar-refractivity contribution in [3.05, 3.63) is 212 Å². The van der Waals surface area contributed by atoms with Crippen LogP contribution in [0, 0.1) is 0 Å². The van der Waals surface area contributed by atoms with Crippen LogP contribution in [0.4, 0.5) is 17.1 Å². The van der Waals surface area contributed by atoms with Crippen molar-refractivity contribution >= 4 is 38.6 Å². The van der Waals surface area contributed by atoms with Gasteiger partial charge in [0.05, 0.1) is 5.69 Å². The third kappa shape index (κ3) is 6.07. The maximum Gasteiger partial charge on any atom is 0.0546 e. The molecule has 240 valence electrons. The van der Waals surface area contributed by atoms with Crippen LogP contribution in [0.2, 0.25) is 0 Å². The summed E-state index contributed by atoms with van der Waals surface area (Å²) in [5, 5.41) is 5.00. The van der Waals surface area contributed by atoms with Gasteiger partial charge in [0, 0.05) is 16.9 Å². The average molecular weight is 650 g/mol. The lowest BCUT2D eigenvalue weighted by atomic mass is 9.95. The molecule has 0 atom stereocenters. The fourth-order valence-electron chi connectivity index (χ4n) is 7.18. The lowest BCUT2D eigenvalue weighted by Crippen LogP contribution is -2.11. The van der Waals surface area contributed by atoms with Crippen molar-refractivity contribution in [2.24, 2.45) is 0 Å². The van der Waals surface area contributed by atoms with Gasteiger partial charge in [0.25, 0.3) is 0 Å². The predicted octanol–water partition coefficient (Wildman–Crippen LogP) is 14.1. The minimum Gasteiger partial charge on any atom is -0.310 e. The van der Waals surface area contributed by atoms with E-state index < -0.39 is 0 Å². The molecule has 51 heavy (non-hydrogen) atoms. The first-order valence-corrected chi connectivity index (χ1v) is 17.5. The molecule has 0 fully saturated rings. The maximum atomic E-state index is 2.39. The predicted molar refractivity (Wildman–Crippen MR) is 218 cm³/mol. The Kier molecular flexibility index (Phi) is 7.92. The van der Waals surface area contributed by atoms with Crippen molar-refractivity contribution < 1.29 is 0 Å². The second-order valence-corrected chi connectivity index (χ2v) is 13.0. The molecular weight excluding hydrogens is 615 g/mol. The summed E-state index contributed by atoms with van der Waals surface area (Å²) >= 11 is 0. The third-order valence-electron chi connectivity index (χ3n) is 9.82. The summed E-state index contributed by atoms with van der Waals surface area (Å²) in [7, 11) is 0. The van der Waals surface area contributed by atoms with Crippen LogP contribution in [0.5, 0.6) is 0 Å². The normalized spacial score (nSPS) is 11.1. The van der Waals surface area contributed by atoms with Gasteiger partial charge in [-0.2, -0.15) is 0 Å². The maximum absolute atomic E-state index is 2.39. The standard InChI is InChI=1S/C50H35N/c1-3-14-39(15-4-1)49-31-28-46(45-25-23-37-13-8-10-17-41(37)34-45)35-50(49)51(47-20-5-2-6-21-47)48-29-26-38(27-30-48)42-18-11-19-43(32-42)44-24-22-36-12-7-9-16-40(36)33-44/h1-35H. The summed E-state index contributed by atoms with van der Waals surface area (Å²) in [4.78, 5) is 2.39. The van der Waals surface area contributed by atoms with Gasteiger partial charge in [0.15, 0.2) is 0 Å². The highest BCUT2D eigenvalue weighted by Gasteiger charge is 2.19. The summed E-state index contributed by atoms with van der Waals surface area (Å²) in [6, 6.07) is 76.7. The lowest BCUT2D eigenvalue weighted by molar-refractivity contribution is 1.28. The van der Waals surface area contributed by atoms with E-state index in [4.69, 9.17) is 0 Å². The Morgan fingerprint density at radius 2 is 0.667 bits per heavy atom. The van der Waals surface area contributed by atoms with E-state index in [0.29, 0.717) is 0 Å². The smallest absolute Gasteiger partial charge is 0.0546 e. The van der Waals surface area contributed by atoms with Crippen LogP contribution in [0.3, 0.4) is 0 Å².